The zero-order valence-electron chi connectivity index (χ0n) is 7.65. The van der Waals surface area contributed by atoms with Gasteiger partial charge in [0.15, 0.2) is 0 Å². The van der Waals surface area contributed by atoms with E-state index in [0.717, 1.165) is 0 Å². The molecule has 0 heterocycles. The second-order valence-electron chi connectivity index (χ2n) is 2.90. The summed E-state index contributed by atoms with van der Waals surface area (Å²) in [5, 5.41) is 0. The van der Waals surface area contributed by atoms with Crippen LogP contribution in [-0.4, -0.2) is 0 Å². The quantitative estimate of drug-likeness (QED) is 0.519. The smallest absolute Gasteiger partial charge is 0.0244 e. The van der Waals surface area contributed by atoms with E-state index in [0.29, 0.717) is 0 Å². The van der Waals surface area contributed by atoms with E-state index in [1.165, 1.54) is 30.4 Å². The van der Waals surface area contributed by atoms with Crippen molar-refractivity contribution in [3.63, 3.8) is 0 Å². The van der Waals surface area contributed by atoms with Crippen LogP contribution < -0.4 is 0 Å². The van der Waals surface area contributed by atoms with E-state index in [9.17, 15) is 0 Å². The molecule has 0 aromatic carbocycles. The molecule has 0 nitrogen and oxygen atoms in total. The maximum Gasteiger partial charge on any atom is -0.0244 e. The Kier molecular flexibility index (Phi) is 7.02. The first-order valence-electron chi connectivity index (χ1n) is 4.12. The van der Waals surface area contributed by atoms with Crippen LogP contribution in [0.15, 0.2) is 21.3 Å². The second-order valence-corrected chi connectivity index (χ2v) is 3.52. The lowest BCUT2D eigenvalue weighted by molar-refractivity contribution is 0.954. The number of rotatable bonds is 4. The van der Waals surface area contributed by atoms with Gasteiger partial charge in [-0.15, -0.1) is 0 Å². The van der Waals surface area contributed by atoms with Gasteiger partial charge < -0.3 is 0 Å². The summed E-state index contributed by atoms with van der Waals surface area (Å²) in [6.45, 7) is 6.58. The third kappa shape index (κ3) is 6.60. The van der Waals surface area contributed by atoms with Gasteiger partial charge in [0.2, 0.25) is 0 Å². The van der Waals surface area contributed by atoms with Gasteiger partial charge >= 0.3 is 0 Å². The number of allylic oxidation sites excluding steroid dienone is 3. The zero-order valence-corrected chi connectivity index (χ0v) is 9.81. The van der Waals surface area contributed by atoms with Gasteiger partial charge in [-0.2, -0.15) is 0 Å². The van der Waals surface area contributed by atoms with Crippen molar-refractivity contribution < 1.29 is 0 Å². The molecular weight excluding hydrogens is 247 g/mol. The summed E-state index contributed by atoms with van der Waals surface area (Å²) in [7, 11) is 0. The number of hydrogen-bond donors (Lipinski definition) is 0. The van der Waals surface area contributed by atoms with Crippen LogP contribution in [0.1, 0.15) is 40.0 Å². The first-order chi connectivity index (χ1) is 5.20. The summed E-state index contributed by atoms with van der Waals surface area (Å²) in [5.41, 5.74) is 2.98. The highest BCUT2D eigenvalue weighted by molar-refractivity contribution is 14.1. The summed E-state index contributed by atoms with van der Waals surface area (Å²) in [6.07, 6.45) is 5.93. The van der Waals surface area contributed by atoms with Crippen molar-refractivity contribution in [2.24, 2.45) is 0 Å². The second kappa shape index (κ2) is 6.89. The van der Waals surface area contributed by atoms with Gasteiger partial charge in [0, 0.05) is 0 Å². The minimum Gasteiger partial charge on any atom is -0.0853 e. The Labute approximate surface area is 83.9 Å². The minimum atomic E-state index is 1.19. The third-order valence-corrected chi connectivity index (χ3v) is 2.84. The largest absolute Gasteiger partial charge is 0.0853 e. The molecule has 0 amide bonds. The first-order valence-corrected chi connectivity index (χ1v) is 5.36. The molecule has 0 aliphatic rings. The molecule has 0 saturated heterocycles. The van der Waals surface area contributed by atoms with Crippen LogP contribution in [-0.2, 0) is 0 Å². The summed E-state index contributed by atoms with van der Waals surface area (Å²) >= 11 is 2.30. The molecule has 1 heteroatoms. The molecule has 0 aromatic heterocycles. The first kappa shape index (κ1) is 11.2. The monoisotopic (exact) mass is 264 g/mol. The Hall–Kier alpha value is 0.210. The normalized spacial score (nSPS) is 13.8. The molecule has 64 valence electrons. The Morgan fingerprint density at radius 2 is 1.91 bits per heavy atom. The van der Waals surface area contributed by atoms with E-state index in [2.05, 4.69) is 53.5 Å². The van der Waals surface area contributed by atoms with Crippen molar-refractivity contribution >= 4 is 22.6 Å². The standard InChI is InChI=1S/C10H17I/c1-4-9(2)6-5-7-10(3)8-11/h6,8H,4-5,7H2,1-3H3/b9-6-,10-8+. The van der Waals surface area contributed by atoms with Gasteiger partial charge in [-0.05, 0) is 37.2 Å². The molecule has 0 radical (unpaired) electrons. The van der Waals surface area contributed by atoms with Gasteiger partial charge in [0.25, 0.3) is 0 Å². The van der Waals surface area contributed by atoms with Crippen LogP contribution in [0.2, 0.25) is 0 Å². The molecule has 0 saturated carbocycles. The highest BCUT2D eigenvalue weighted by Gasteiger charge is 1.87. The van der Waals surface area contributed by atoms with E-state index < -0.39 is 0 Å². The van der Waals surface area contributed by atoms with Crippen LogP contribution in [0.5, 0.6) is 0 Å². The Balaban J connectivity index is 3.56. The third-order valence-electron chi connectivity index (χ3n) is 1.78. The summed E-state index contributed by atoms with van der Waals surface area (Å²) in [4.78, 5) is 0. The lowest BCUT2D eigenvalue weighted by atomic mass is 10.1. The average molecular weight is 264 g/mol. The maximum atomic E-state index is 2.34. The van der Waals surface area contributed by atoms with Crippen LogP contribution >= 0.6 is 22.6 Å². The van der Waals surface area contributed by atoms with Crippen molar-refractivity contribution in [2.45, 2.75) is 40.0 Å². The topological polar surface area (TPSA) is 0 Å². The molecule has 0 aromatic rings. The molecule has 0 bridgehead atoms. The fraction of sp³-hybridized carbons (Fsp3) is 0.600. The van der Waals surface area contributed by atoms with Gasteiger partial charge in [0.05, 0.1) is 0 Å². The molecule has 0 N–H and O–H groups in total. The summed E-state index contributed by atoms with van der Waals surface area (Å²) in [6, 6.07) is 0. The Morgan fingerprint density at radius 3 is 2.36 bits per heavy atom. The van der Waals surface area contributed by atoms with E-state index in [1.807, 2.05) is 0 Å². The van der Waals surface area contributed by atoms with E-state index in [4.69, 9.17) is 0 Å². The molecule has 0 spiro atoms. The Morgan fingerprint density at radius 1 is 1.27 bits per heavy atom. The molecular formula is C10H17I. The zero-order chi connectivity index (χ0) is 8.69. The SMILES string of the molecule is CC/C(C)=C\CC/C(C)=C/I. The molecule has 11 heavy (non-hydrogen) atoms. The predicted octanol–water partition coefficient (Wildman–Crippen LogP) is 4.46. The molecule has 0 fully saturated rings. The van der Waals surface area contributed by atoms with Crippen LogP contribution in [0.3, 0.4) is 0 Å². The summed E-state index contributed by atoms with van der Waals surface area (Å²) in [5.74, 6) is 0. The average Bonchev–Trinajstić information content (AvgIpc) is 2.04. The van der Waals surface area contributed by atoms with Gasteiger partial charge in [0.1, 0.15) is 0 Å². The van der Waals surface area contributed by atoms with E-state index in [1.54, 1.807) is 0 Å². The number of hydrogen-bond acceptors (Lipinski definition) is 0. The lowest BCUT2D eigenvalue weighted by Gasteiger charge is -1.96. The minimum absolute atomic E-state index is 1.19. The van der Waals surface area contributed by atoms with E-state index in [-0.39, 0.29) is 0 Å². The van der Waals surface area contributed by atoms with Crippen LogP contribution in [0, 0.1) is 0 Å². The predicted molar refractivity (Wildman–Crippen MR) is 61.1 cm³/mol. The highest BCUT2D eigenvalue weighted by atomic mass is 127. The van der Waals surface area contributed by atoms with Crippen LogP contribution in [0.25, 0.3) is 0 Å². The van der Waals surface area contributed by atoms with Crippen LogP contribution in [0.4, 0.5) is 0 Å². The van der Waals surface area contributed by atoms with Crippen molar-refractivity contribution in [1.82, 2.24) is 0 Å². The van der Waals surface area contributed by atoms with Gasteiger partial charge in [-0.3, -0.25) is 0 Å². The molecule has 0 rings (SSSR count). The lowest BCUT2D eigenvalue weighted by Crippen LogP contribution is -1.76. The fourth-order valence-corrected chi connectivity index (χ4v) is 1.06. The fourth-order valence-electron chi connectivity index (χ4n) is 0.745. The van der Waals surface area contributed by atoms with Crippen molar-refractivity contribution in [2.75, 3.05) is 0 Å². The molecule has 0 atom stereocenters. The van der Waals surface area contributed by atoms with Crippen molar-refractivity contribution in [1.29, 1.82) is 0 Å². The molecule has 0 unspecified atom stereocenters. The number of halogens is 1. The van der Waals surface area contributed by atoms with Gasteiger partial charge in [-0.1, -0.05) is 46.7 Å². The van der Waals surface area contributed by atoms with Crippen molar-refractivity contribution in [3.05, 3.63) is 21.3 Å². The maximum absolute atomic E-state index is 2.34. The van der Waals surface area contributed by atoms with Gasteiger partial charge in [-0.25, -0.2) is 0 Å². The molecule has 0 aliphatic carbocycles. The summed E-state index contributed by atoms with van der Waals surface area (Å²) < 4.78 is 2.16. The van der Waals surface area contributed by atoms with Crippen molar-refractivity contribution in [3.8, 4) is 0 Å². The highest BCUT2D eigenvalue weighted by Crippen LogP contribution is 2.09. The van der Waals surface area contributed by atoms with E-state index >= 15 is 0 Å². The molecule has 0 aliphatic heterocycles. The Bertz CT molecular complexity index is 154.